The number of aromatic hydroxyl groups is 2. The lowest BCUT2D eigenvalue weighted by Crippen LogP contribution is -2.17. The highest BCUT2D eigenvalue weighted by Crippen LogP contribution is 2.29. The van der Waals surface area contributed by atoms with Crippen LogP contribution >= 0.6 is 0 Å². The lowest BCUT2D eigenvalue weighted by Gasteiger charge is -2.15. The first-order chi connectivity index (χ1) is 17.5. The Bertz CT molecular complexity index is 1100. The monoisotopic (exact) mass is 488 g/mol. The van der Waals surface area contributed by atoms with E-state index >= 15 is 0 Å². The predicted molar refractivity (Wildman–Crippen MR) is 145 cm³/mol. The molecule has 6 heteroatoms. The number of carbonyl (C=O) groups excluding carboxylic acids is 2. The number of para-hydroxylation sites is 4. The van der Waals surface area contributed by atoms with E-state index in [4.69, 9.17) is 0 Å². The molecule has 3 aromatic carbocycles. The molecule has 0 atom stereocenters. The molecule has 4 N–H and O–H groups in total. The summed E-state index contributed by atoms with van der Waals surface area (Å²) in [4.78, 5) is 26.1. The van der Waals surface area contributed by atoms with Gasteiger partial charge in [0, 0.05) is 0 Å². The van der Waals surface area contributed by atoms with Gasteiger partial charge in [-0.3, -0.25) is 9.59 Å². The third kappa shape index (κ3) is 6.87. The first-order valence-corrected chi connectivity index (χ1v) is 12.8. The van der Waals surface area contributed by atoms with Crippen molar-refractivity contribution < 1.29 is 19.8 Å². The van der Waals surface area contributed by atoms with E-state index in [1.165, 1.54) is 0 Å². The number of benzene rings is 3. The fourth-order valence-electron chi connectivity index (χ4n) is 4.16. The fourth-order valence-corrected chi connectivity index (χ4v) is 4.16. The Hall–Kier alpha value is -3.80. The van der Waals surface area contributed by atoms with Crippen LogP contribution in [0.2, 0.25) is 0 Å². The van der Waals surface area contributed by atoms with Gasteiger partial charge in [-0.15, -0.1) is 0 Å². The van der Waals surface area contributed by atoms with E-state index in [1.54, 1.807) is 48.5 Å². The molecule has 0 aliphatic heterocycles. The van der Waals surface area contributed by atoms with E-state index in [0.717, 1.165) is 49.7 Å². The molecule has 0 fully saturated rings. The Morgan fingerprint density at radius 1 is 0.611 bits per heavy atom. The van der Waals surface area contributed by atoms with E-state index in [2.05, 4.69) is 24.5 Å². The number of rotatable bonds is 12. The molecule has 0 heterocycles. The van der Waals surface area contributed by atoms with Gasteiger partial charge in [0.1, 0.15) is 11.5 Å². The number of hydrogen-bond donors (Lipinski definition) is 4. The second-order valence-corrected chi connectivity index (χ2v) is 8.99. The summed E-state index contributed by atoms with van der Waals surface area (Å²) in [7, 11) is 0. The van der Waals surface area contributed by atoms with Crippen molar-refractivity contribution in [3.8, 4) is 11.5 Å². The van der Waals surface area contributed by atoms with Crippen molar-refractivity contribution in [2.24, 2.45) is 0 Å². The molecule has 3 aromatic rings. The lowest BCUT2D eigenvalue weighted by atomic mass is 10.0. The number of aryl methyl sites for hydroxylation is 2. The highest BCUT2D eigenvalue weighted by Gasteiger charge is 2.18. The molecule has 0 saturated heterocycles. The van der Waals surface area contributed by atoms with Gasteiger partial charge >= 0.3 is 0 Å². The Morgan fingerprint density at radius 2 is 1.03 bits per heavy atom. The van der Waals surface area contributed by atoms with Crippen molar-refractivity contribution in [3.63, 3.8) is 0 Å². The average Bonchev–Trinajstić information content (AvgIpc) is 2.87. The van der Waals surface area contributed by atoms with E-state index in [0.29, 0.717) is 24.2 Å². The summed E-state index contributed by atoms with van der Waals surface area (Å²) in [5, 5.41) is 27.0. The van der Waals surface area contributed by atoms with Crippen LogP contribution in [0.5, 0.6) is 11.5 Å². The first kappa shape index (κ1) is 26.8. The van der Waals surface area contributed by atoms with Gasteiger partial charge in [-0.2, -0.15) is 0 Å². The van der Waals surface area contributed by atoms with E-state index in [-0.39, 0.29) is 22.6 Å². The van der Waals surface area contributed by atoms with E-state index in [9.17, 15) is 19.8 Å². The number of carbonyl (C=O) groups is 2. The van der Waals surface area contributed by atoms with Crippen LogP contribution in [0.25, 0.3) is 0 Å². The van der Waals surface area contributed by atoms with Gasteiger partial charge in [-0.05, 0) is 61.1 Å². The van der Waals surface area contributed by atoms with Gasteiger partial charge < -0.3 is 20.8 Å². The van der Waals surface area contributed by atoms with Crippen molar-refractivity contribution in [2.45, 2.75) is 65.2 Å². The standard InChI is InChI=1S/C30H36N2O4/c1-3-5-7-13-21-15-11-17-23(27(21)33)29(35)31-25-19-9-10-20-26(25)32-30(36)24-18-12-16-22(28(24)34)14-8-6-4-2/h9-12,15-20,33-34H,3-8,13-14H2,1-2H3,(H,31,35)(H,32,36). The van der Waals surface area contributed by atoms with Crippen LogP contribution in [0, 0.1) is 0 Å². The van der Waals surface area contributed by atoms with Crippen molar-refractivity contribution in [2.75, 3.05) is 10.6 Å². The zero-order chi connectivity index (χ0) is 25.9. The predicted octanol–water partition coefficient (Wildman–Crippen LogP) is 7.07. The number of phenolic OH excluding ortho intramolecular Hbond substituents is 2. The molecule has 0 aliphatic rings. The molecule has 6 nitrogen and oxygen atoms in total. The third-order valence-corrected chi connectivity index (χ3v) is 6.25. The Kier molecular flexibility index (Phi) is 9.92. The Balaban J connectivity index is 1.76. The Morgan fingerprint density at radius 3 is 1.42 bits per heavy atom. The molecule has 2 amide bonds. The second-order valence-electron chi connectivity index (χ2n) is 8.99. The minimum absolute atomic E-state index is 0.0163. The molecule has 0 aliphatic carbocycles. The van der Waals surface area contributed by atoms with Crippen molar-refractivity contribution in [1.29, 1.82) is 0 Å². The fraction of sp³-hybridized carbons (Fsp3) is 0.333. The number of phenols is 2. The SMILES string of the molecule is CCCCCc1cccc(C(=O)Nc2ccccc2NC(=O)c2cccc(CCCCC)c2O)c1O. The van der Waals surface area contributed by atoms with Crippen LogP contribution in [0.3, 0.4) is 0 Å². The van der Waals surface area contributed by atoms with Crippen LogP contribution in [0.15, 0.2) is 60.7 Å². The number of nitrogens with one attached hydrogen (secondary N) is 2. The van der Waals surface area contributed by atoms with Gasteiger partial charge in [0.05, 0.1) is 22.5 Å². The van der Waals surface area contributed by atoms with E-state index in [1.807, 2.05) is 12.1 Å². The minimum atomic E-state index is -0.465. The summed E-state index contributed by atoms with van der Waals surface area (Å²) in [6.07, 6.45) is 7.55. The lowest BCUT2D eigenvalue weighted by molar-refractivity contribution is 0.101. The van der Waals surface area contributed by atoms with Crippen LogP contribution in [0.4, 0.5) is 11.4 Å². The first-order valence-electron chi connectivity index (χ1n) is 12.8. The van der Waals surface area contributed by atoms with Gasteiger partial charge in [-0.1, -0.05) is 75.9 Å². The molecular weight excluding hydrogens is 452 g/mol. The van der Waals surface area contributed by atoms with Crippen molar-refractivity contribution in [1.82, 2.24) is 0 Å². The van der Waals surface area contributed by atoms with Gasteiger partial charge in [0.2, 0.25) is 0 Å². The molecular formula is C30H36N2O4. The molecule has 0 radical (unpaired) electrons. The maximum Gasteiger partial charge on any atom is 0.259 e. The molecule has 0 saturated carbocycles. The van der Waals surface area contributed by atoms with Crippen LogP contribution in [-0.2, 0) is 12.8 Å². The largest absolute Gasteiger partial charge is 0.507 e. The van der Waals surface area contributed by atoms with Gasteiger partial charge in [-0.25, -0.2) is 0 Å². The van der Waals surface area contributed by atoms with Crippen molar-refractivity contribution >= 4 is 23.2 Å². The number of hydrogen-bond acceptors (Lipinski definition) is 4. The van der Waals surface area contributed by atoms with Gasteiger partial charge in [0.25, 0.3) is 11.8 Å². The minimum Gasteiger partial charge on any atom is -0.507 e. The Labute approximate surface area is 213 Å². The molecule has 36 heavy (non-hydrogen) atoms. The maximum absolute atomic E-state index is 13.0. The summed E-state index contributed by atoms with van der Waals surface area (Å²) in [6, 6.07) is 17.2. The van der Waals surface area contributed by atoms with Crippen LogP contribution in [0.1, 0.15) is 84.2 Å². The molecule has 0 unspecified atom stereocenters. The van der Waals surface area contributed by atoms with Crippen molar-refractivity contribution in [3.05, 3.63) is 82.9 Å². The average molecular weight is 489 g/mol. The number of anilines is 2. The van der Waals surface area contributed by atoms with Crippen LogP contribution in [-0.4, -0.2) is 22.0 Å². The summed E-state index contributed by atoms with van der Waals surface area (Å²) >= 11 is 0. The van der Waals surface area contributed by atoms with Gasteiger partial charge in [0.15, 0.2) is 0 Å². The molecule has 3 rings (SSSR count). The third-order valence-electron chi connectivity index (χ3n) is 6.25. The maximum atomic E-state index is 13.0. The topological polar surface area (TPSA) is 98.7 Å². The summed E-state index contributed by atoms with van der Waals surface area (Å²) in [5.41, 5.74) is 2.64. The second kappa shape index (κ2) is 13.3. The highest BCUT2D eigenvalue weighted by molar-refractivity contribution is 6.11. The quantitative estimate of drug-likeness (QED) is 0.205. The molecule has 0 bridgehead atoms. The number of unbranched alkanes of at least 4 members (excludes halogenated alkanes) is 4. The molecule has 0 spiro atoms. The summed E-state index contributed by atoms with van der Waals surface area (Å²) in [6.45, 7) is 4.23. The number of amides is 2. The molecule has 0 aromatic heterocycles. The van der Waals surface area contributed by atoms with E-state index < -0.39 is 11.8 Å². The summed E-state index contributed by atoms with van der Waals surface area (Å²) < 4.78 is 0. The smallest absolute Gasteiger partial charge is 0.259 e. The summed E-state index contributed by atoms with van der Waals surface area (Å²) in [5.74, 6) is -0.963. The van der Waals surface area contributed by atoms with Crippen LogP contribution < -0.4 is 10.6 Å². The zero-order valence-corrected chi connectivity index (χ0v) is 21.1. The normalized spacial score (nSPS) is 10.7. The molecule has 190 valence electrons. The highest BCUT2D eigenvalue weighted by atomic mass is 16.3. The zero-order valence-electron chi connectivity index (χ0n) is 21.1.